The maximum atomic E-state index is 13.0. The number of carboxylic acid groups (broad SMARTS) is 1. The van der Waals surface area contributed by atoms with E-state index in [0.29, 0.717) is 58.4 Å². The molecular formula is C43H62N2O3. The average molecular weight is 655 g/mol. The summed E-state index contributed by atoms with van der Waals surface area (Å²) < 4.78 is 0. The minimum absolute atomic E-state index is 0.0210. The van der Waals surface area contributed by atoms with Crippen LogP contribution in [-0.4, -0.2) is 48.1 Å². The molecule has 6 aliphatic rings. The minimum atomic E-state index is -0.863. The molecular weight excluding hydrogens is 592 g/mol. The Morgan fingerprint density at radius 1 is 0.896 bits per heavy atom. The summed E-state index contributed by atoms with van der Waals surface area (Å²) in [5.41, 5.74) is 5.44. The van der Waals surface area contributed by atoms with E-state index in [4.69, 9.17) is 0 Å². The number of rotatable bonds is 7. The molecule has 1 aromatic rings. The van der Waals surface area contributed by atoms with Gasteiger partial charge in [-0.25, -0.2) is 4.79 Å². The van der Waals surface area contributed by atoms with Gasteiger partial charge in [-0.15, -0.1) is 0 Å². The zero-order valence-corrected chi connectivity index (χ0v) is 30.8. The highest BCUT2D eigenvalue weighted by atomic mass is 16.4. The molecule has 5 nitrogen and oxygen atoms in total. The van der Waals surface area contributed by atoms with E-state index >= 15 is 0 Å². The molecule has 1 aromatic carbocycles. The Balaban J connectivity index is 1.16. The fourth-order valence-corrected chi connectivity index (χ4v) is 14.0. The number of aromatic carboxylic acids is 1. The number of carboxylic acids is 1. The Labute approximate surface area is 290 Å². The van der Waals surface area contributed by atoms with Gasteiger partial charge in [-0.3, -0.25) is 4.79 Å². The van der Waals surface area contributed by atoms with Crippen LogP contribution in [0.15, 0.2) is 42.5 Å². The number of carbonyl (C=O) groups is 2. The summed E-state index contributed by atoms with van der Waals surface area (Å²) in [5.74, 6) is 2.64. The number of hydrogen-bond acceptors (Lipinski definition) is 3. The van der Waals surface area contributed by atoms with Crippen LogP contribution < -0.4 is 5.32 Å². The highest BCUT2D eigenvalue weighted by Crippen LogP contribution is 2.77. The third-order valence-electron chi connectivity index (χ3n) is 16.5. The number of benzene rings is 1. The molecule has 1 saturated heterocycles. The molecule has 0 spiro atoms. The quantitative estimate of drug-likeness (QED) is 0.288. The molecule has 4 saturated carbocycles. The van der Waals surface area contributed by atoms with Crippen molar-refractivity contribution >= 4 is 17.4 Å². The molecule has 1 amide bonds. The molecule has 0 aromatic heterocycles. The van der Waals surface area contributed by atoms with E-state index in [1.54, 1.807) is 12.1 Å². The first kappa shape index (κ1) is 34.1. The maximum absolute atomic E-state index is 13.0. The highest BCUT2D eigenvalue weighted by Gasteiger charge is 2.70. The lowest BCUT2D eigenvalue weighted by atomic mass is 9.32. The fraction of sp³-hybridized carbons (Fsp3) is 0.721. The first-order valence-electron chi connectivity index (χ1n) is 19.4. The SMILES string of the molecule is C=C(C)C1CCC2(CNCC(=O)N3CCCC3)CCC3(C)C(CCC4C5(C)CC=C(c6ccc(C(=O)O)cc6)C(C)(C)C5CCC43C)C12. The van der Waals surface area contributed by atoms with Crippen molar-refractivity contribution in [3.05, 3.63) is 53.6 Å². The molecule has 262 valence electrons. The number of fused-ring (bicyclic) bond motifs is 7. The largest absolute Gasteiger partial charge is 0.478 e. The Hall–Kier alpha value is -2.40. The van der Waals surface area contributed by atoms with Crippen LogP contribution in [0.2, 0.25) is 0 Å². The molecule has 0 bridgehead atoms. The monoisotopic (exact) mass is 654 g/mol. The van der Waals surface area contributed by atoms with Gasteiger partial charge in [0.05, 0.1) is 12.1 Å². The van der Waals surface area contributed by atoms with Gasteiger partial charge in [-0.2, -0.15) is 0 Å². The second kappa shape index (κ2) is 11.8. The predicted octanol–water partition coefficient (Wildman–Crippen LogP) is 9.25. The second-order valence-electron chi connectivity index (χ2n) is 18.7. The lowest BCUT2D eigenvalue weighted by molar-refractivity contribution is -0.225. The molecule has 48 heavy (non-hydrogen) atoms. The Bertz CT molecular complexity index is 1490. The molecule has 5 heteroatoms. The number of amides is 1. The van der Waals surface area contributed by atoms with Crippen LogP contribution >= 0.6 is 0 Å². The normalized spacial score (nSPS) is 41.4. The summed E-state index contributed by atoms with van der Waals surface area (Å²) in [6, 6.07) is 7.61. The summed E-state index contributed by atoms with van der Waals surface area (Å²) in [5, 5.41) is 13.2. The lowest BCUT2D eigenvalue weighted by Crippen LogP contribution is -2.66. The van der Waals surface area contributed by atoms with Gasteiger partial charge in [0.1, 0.15) is 0 Å². The molecule has 0 radical (unpaired) electrons. The number of hydrogen-bond donors (Lipinski definition) is 2. The molecule has 1 heterocycles. The van der Waals surface area contributed by atoms with Gasteiger partial charge in [-0.1, -0.05) is 65.0 Å². The van der Waals surface area contributed by atoms with Crippen LogP contribution in [0, 0.1) is 56.7 Å². The van der Waals surface area contributed by atoms with Crippen molar-refractivity contribution in [2.24, 2.45) is 56.7 Å². The van der Waals surface area contributed by atoms with Crippen molar-refractivity contribution in [2.75, 3.05) is 26.2 Å². The van der Waals surface area contributed by atoms with Crippen molar-refractivity contribution in [2.45, 2.75) is 112 Å². The topological polar surface area (TPSA) is 69.6 Å². The van der Waals surface area contributed by atoms with Gasteiger partial charge < -0.3 is 15.3 Å². The van der Waals surface area contributed by atoms with E-state index in [0.717, 1.165) is 38.9 Å². The summed E-state index contributed by atoms with van der Waals surface area (Å²) >= 11 is 0. The zero-order chi connectivity index (χ0) is 34.3. The third kappa shape index (κ3) is 4.94. The summed E-state index contributed by atoms with van der Waals surface area (Å²) in [6.07, 6.45) is 16.2. The number of nitrogens with one attached hydrogen (secondary N) is 1. The fourth-order valence-electron chi connectivity index (χ4n) is 14.0. The van der Waals surface area contributed by atoms with Gasteiger partial charge in [0.15, 0.2) is 0 Å². The van der Waals surface area contributed by atoms with Crippen LogP contribution in [0.5, 0.6) is 0 Å². The summed E-state index contributed by atoms with van der Waals surface area (Å²) in [4.78, 5) is 26.6. The molecule has 9 atom stereocenters. The predicted molar refractivity (Wildman–Crippen MR) is 194 cm³/mol. The van der Waals surface area contributed by atoms with Gasteiger partial charge in [-0.05, 0) is 157 Å². The van der Waals surface area contributed by atoms with E-state index in [1.807, 2.05) is 12.1 Å². The number of nitrogens with zero attached hydrogens (tertiary/aromatic N) is 1. The van der Waals surface area contributed by atoms with Crippen LogP contribution in [-0.2, 0) is 4.79 Å². The van der Waals surface area contributed by atoms with Crippen molar-refractivity contribution in [1.29, 1.82) is 0 Å². The van der Waals surface area contributed by atoms with E-state index in [9.17, 15) is 14.7 Å². The van der Waals surface area contributed by atoms with Crippen LogP contribution in [0.1, 0.15) is 128 Å². The first-order chi connectivity index (χ1) is 22.7. The molecule has 9 unspecified atom stereocenters. The maximum Gasteiger partial charge on any atom is 0.335 e. The minimum Gasteiger partial charge on any atom is -0.478 e. The summed E-state index contributed by atoms with van der Waals surface area (Å²) in [7, 11) is 0. The molecule has 7 rings (SSSR count). The molecule has 5 aliphatic carbocycles. The zero-order valence-electron chi connectivity index (χ0n) is 30.8. The van der Waals surface area contributed by atoms with Gasteiger partial charge in [0.25, 0.3) is 0 Å². The molecule has 1 aliphatic heterocycles. The van der Waals surface area contributed by atoms with E-state index in [2.05, 4.69) is 64.4 Å². The number of carbonyl (C=O) groups excluding carboxylic acids is 1. The van der Waals surface area contributed by atoms with Crippen molar-refractivity contribution < 1.29 is 14.7 Å². The highest BCUT2D eigenvalue weighted by molar-refractivity contribution is 5.88. The van der Waals surface area contributed by atoms with Crippen LogP contribution in [0.3, 0.4) is 0 Å². The third-order valence-corrected chi connectivity index (χ3v) is 16.5. The average Bonchev–Trinajstić information content (AvgIpc) is 3.71. The van der Waals surface area contributed by atoms with Crippen molar-refractivity contribution in [1.82, 2.24) is 10.2 Å². The molecule has 5 fully saturated rings. The van der Waals surface area contributed by atoms with E-state index in [-0.39, 0.29) is 16.2 Å². The van der Waals surface area contributed by atoms with E-state index in [1.165, 1.54) is 68.1 Å². The standard InChI is InChI=1S/C43H62N2O3/c1-28(2)31-16-21-43(27-44-26-36(46)45-24-8-9-25-45)23-22-41(6)33(37(31)43)14-15-35-40(5)19-17-32(29-10-12-30(13-11-29)38(47)48)39(3,4)34(40)18-20-42(35,41)7/h10-13,17,31,33-35,37,44H,1,8-9,14-16,18-27H2,2-7H3,(H,47,48). The van der Waals surface area contributed by atoms with Gasteiger partial charge in [0, 0.05) is 19.6 Å². The second-order valence-corrected chi connectivity index (χ2v) is 18.7. The van der Waals surface area contributed by atoms with Gasteiger partial charge >= 0.3 is 5.97 Å². The Kier molecular flexibility index (Phi) is 8.41. The van der Waals surface area contributed by atoms with Crippen molar-refractivity contribution in [3.63, 3.8) is 0 Å². The lowest BCUT2D eigenvalue weighted by Gasteiger charge is -2.72. The van der Waals surface area contributed by atoms with Crippen molar-refractivity contribution in [3.8, 4) is 0 Å². The summed E-state index contributed by atoms with van der Waals surface area (Å²) in [6.45, 7) is 23.2. The smallest absolute Gasteiger partial charge is 0.335 e. The van der Waals surface area contributed by atoms with Gasteiger partial charge in [0.2, 0.25) is 5.91 Å². The van der Waals surface area contributed by atoms with E-state index < -0.39 is 5.97 Å². The Morgan fingerprint density at radius 2 is 1.60 bits per heavy atom. The number of likely N-dealkylation sites (tertiary alicyclic amines) is 1. The van der Waals surface area contributed by atoms with Crippen LogP contribution in [0.4, 0.5) is 0 Å². The first-order valence-corrected chi connectivity index (χ1v) is 19.4. The number of allylic oxidation sites excluding steroid dienone is 3. The molecule has 2 N–H and O–H groups in total. The van der Waals surface area contributed by atoms with Crippen LogP contribution in [0.25, 0.3) is 5.57 Å². The Morgan fingerprint density at radius 3 is 2.27 bits per heavy atom.